The van der Waals surface area contributed by atoms with Crippen LogP contribution in [0.15, 0.2) is 0 Å². The van der Waals surface area contributed by atoms with Crippen LogP contribution < -0.4 is 0 Å². The Hall–Kier alpha value is -1.30. The van der Waals surface area contributed by atoms with E-state index in [0.717, 1.165) is 0 Å². The maximum atomic E-state index is 11.8. The number of ether oxygens (including phenoxy) is 7. The third kappa shape index (κ3) is 3.25. The van der Waals surface area contributed by atoms with Crippen molar-refractivity contribution in [1.82, 2.24) is 0 Å². The Balaban J connectivity index is 1.70. The molecule has 136 valence electrons. The maximum absolute atomic E-state index is 11.8. The summed E-state index contributed by atoms with van der Waals surface area (Å²) in [6.45, 7) is 3.67. The van der Waals surface area contributed by atoms with Crippen molar-refractivity contribution in [2.24, 2.45) is 0 Å². The van der Waals surface area contributed by atoms with Gasteiger partial charge in [0.15, 0.2) is 6.29 Å². The smallest absolute Gasteiger partial charge is 0.363 e. The highest BCUT2D eigenvalue weighted by Gasteiger charge is 2.57. The summed E-state index contributed by atoms with van der Waals surface area (Å²) in [7, 11) is 0. The molecule has 10 nitrogen and oxygen atoms in total. The van der Waals surface area contributed by atoms with Gasteiger partial charge in [-0.25, -0.2) is 9.59 Å². The normalized spacial score (nSPS) is 41.2. The molecule has 0 saturated carbocycles. The lowest BCUT2D eigenvalue weighted by Gasteiger charge is -2.43. The number of esters is 2. The molecule has 0 aliphatic carbocycles. The third-order valence-corrected chi connectivity index (χ3v) is 3.82. The Labute approximate surface area is 137 Å². The van der Waals surface area contributed by atoms with Crippen molar-refractivity contribution in [1.29, 1.82) is 0 Å². The molecule has 0 aromatic carbocycles. The largest absolute Gasteiger partial charge is 0.462 e. The zero-order valence-electron chi connectivity index (χ0n) is 13.3. The first-order chi connectivity index (χ1) is 11.5. The molecule has 0 amide bonds. The molecule has 10 heteroatoms. The molecule has 7 atom stereocenters. The van der Waals surface area contributed by atoms with Crippen molar-refractivity contribution in [3.8, 4) is 0 Å². The Morgan fingerprint density at radius 3 is 2.17 bits per heavy atom. The molecular weight excluding hydrogens is 328 g/mol. The number of carbonyl (C=O) groups is 2. The first-order valence-corrected chi connectivity index (χ1v) is 7.80. The molecule has 3 aliphatic heterocycles. The minimum atomic E-state index is -1.32. The van der Waals surface area contributed by atoms with Crippen molar-refractivity contribution < 1.29 is 47.9 Å². The molecule has 3 rings (SSSR count). The van der Waals surface area contributed by atoms with Crippen LogP contribution in [0.5, 0.6) is 0 Å². The fraction of sp³-hybridized carbons (Fsp3) is 0.857. The van der Waals surface area contributed by atoms with Crippen molar-refractivity contribution in [2.45, 2.75) is 57.1 Å². The Morgan fingerprint density at radius 2 is 1.50 bits per heavy atom. The summed E-state index contributed by atoms with van der Waals surface area (Å²) >= 11 is 0. The van der Waals surface area contributed by atoms with Gasteiger partial charge in [0.05, 0.1) is 19.8 Å². The van der Waals surface area contributed by atoms with Gasteiger partial charge in [-0.05, 0) is 13.8 Å². The SMILES string of the molecule is CCOC(=O)C1OCC2OC(O)C3OC(C(=O)OCC)OC3C2O1. The van der Waals surface area contributed by atoms with Crippen molar-refractivity contribution in [3.05, 3.63) is 0 Å². The number of aliphatic hydroxyl groups excluding tert-OH is 1. The second kappa shape index (κ2) is 7.30. The zero-order valence-corrected chi connectivity index (χ0v) is 13.3. The van der Waals surface area contributed by atoms with Crippen molar-refractivity contribution in [3.63, 3.8) is 0 Å². The third-order valence-electron chi connectivity index (χ3n) is 3.82. The molecule has 0 bridgehead atoms. The van der Waals surface area contributed by atoms with Crippen LogP contribution in [0.2, 0.25) is 0 Å². The minimum Gasteiger partial charge on any atom is -0.462 e. The van der Waals surface area contributed by atoms with Crippen LogP contribution in [-0.4, -0.2) is 80.2 Å². The second-order valence-electron chi connectivity index (χ2n) is 5.37. The molecule has 3 saturated heterocycles. The topological polar surface area (TPSA) is 119 Å². The van der Waals surface area contributed by atoms with Gasteiger partial charge in [-0.15, -0.1) is 0 Å². The maximum Gasteiger partial charge on any atom is 0.363 e. The van der Waals surface area contributed by atoms with E-state index in [4.69, 9.17) is 33.2 Å². The van der Waals surface area contributed by atoms with Crippen LogP contribution in [0, 0.1) is 0 Å². The van der Waals surface area contributed by atoms with Gasteiger partial charge in [0.25, 0.3) is 12.6 Å². The van der Waals surface area contributed by atoms with E-state index in [2.05, 4.69) is 0 Å². The quantitative estimate of drug-likeness (QED) is 0.613. The predicted molar refractivity (Wildman–Crippen MR) is 72.3 cm³/mol. The molecule has 0 spiro atoms. The Kier molecular flexibility index (Phi) is 5.33. The van der Waals surface area contributed by atoms with E-state index in [1.54, 1.807) is 13.8 Å². The highest BCUT2D eigenvalue weighted by atomic mass is 16.8. The molecule has 0 radical (unpaired) electrons. The average Bonchev–Trinajstić information content (AvgIpc) is 3.01. The standard InChI is InChI=1S/C14H20O10/c1-3-18-11(16)13-20-5-6-7(22-13)8-9(10(15)21-6)24-14(23-8)12(17)19-4-2/h6-10,13-15H,3-5H2,1-2H3. The van der Waals surface area contributed by atoms with Crippen LogP contribution in [0.1, 0.15) is 13.8 Å². The molecular formula is C14H20O10. The fourth-order valence-electron chi connectivity index (χ4n) is 2.83. The van der Waals surface area contributed by atoms with E-state index < -0.39 is 55.2 Å². The molecule has 3 fully saturated rings. The highest BCUT2D eigenvalue weighted by Crippen LogP contribution is 2.36. The van der Waals surface area contributed by atoms with Gasteiger partial charge in [0, 0.05) is 0 Å². The van der Waals surface area contributed by atoms with Gasteiger partial charge in [0.2, 0.25) is 0 Å². The molecule has 1 N–H and O–H groups in total. The van der Waals surface area contributed by atoms with Gasteiger partial charge in [-0.3, -0.25) is 0 Å². The summed E-state index contributed by atoms with van der Waals surface area (Å²) in [6.07, 6.45) is -7.02. The van der Waals surface area contributed by atoms with Gasteiger partial charge in [0.1, 0.15) is 24.4 Å². The monoisotopic (exact) mass is 348 g/mol. The highest BCUT2D eigenvalue weighted by molar-refractivity contribution is 5.74. The molecule has 3 aliphatic rings. The van der Waals surface area contributed by atoms with E-state index in [1.165, 1.54) is 0 Å². The lowest BCUT2D eigenvalue weighted by Crippen LogP contribution is -2.62. The lowest BCUT2D eigenvalue weighted by molar-refractivity contribution is -0.332. The van der Waals surface area contributed by atoms with Crippen LogP contribution in [0.25, 0.3) is 0 Å². The number of hydrogen-bond donors (Lipinski definition) is 1. The van der Waals surface area contributed by atoms with Gasteiger partial charge in [-0.2, -0.15) is 0 Å². The first-order valence-electron chi connectivity index (χ1n) is 7.80. The summed E-state index contributed by atoms with van der Waals surface area (Å²) in [5, 5.41) is 10.0. The zero-order chi connectivity index (χ0) is 17.3. The number of rotatable bonds is 4. The van der Waals surface area contributed by atoms with Crippen LogP contribution in [-0.2, 0) is 42.7 Å². The second-order valence-corrected chi connectivity index (χ2v) is 5.37. The Morgan fingerprint density at radius 1 is 0.917 bits per heavy atom. The van der Waals surface area contributed by atoms with E-state index in [9.17, 15) is 14.7 Å². The summed E-state index contributed by atoms with van der Waals surface area (Å²) in [5.41, 5.74) is 0. The van der Waals surface area contributed by atoms with Crippen molar-refractivity contribution in [2.75, 3.05) is 19.8 Å². The van der Waals surface area contributed by atoms with Crippen molar-refractivity contribution >= 4 is 11.9 Å². The van der Waals surface area contributed by atoms with Crippen LogP contribution >= 0.6 is 0 Å². The molecule has 0 aromatic heterocycles. The summed E-state index contributed by atoms with van der Waals surface area (Å²) in [6, 6.07) is 0. The number of hydrogen-bond acceptors (Lipinski definition) is 10. The van der Waals surface area contributed by atoms with Gasteiger partial charge in [-0.1, -0.05) is 0 Å². The molecule has 7 unspecified atom stereocenters. The number of carbonyl (C=O) groups excluding carboxylic acids is 2. The fourth-order valence-corrected chi connectivity index (χ4v) is 2.83. The Bertz CT molecular complexity index is 482. The van der Waals surface area contributed by atoms with Gasteiger partial charge < -0.3 is 38.3 Å². The van der Waals surface area contributed by atoms with Crippen LogP contribution in [0.4, 0.5) is 0 Å². The average molecular weight is 348 g/mol. The number of aliphatic hydroxyl groups is 1. The predicted octanol–water partition coefficient (Wildman–Crippen LogP) is -1.32. The number of fused-ring (bicyclic) bond motifs is 3. The van der Waals surface area contributed by atoms with E-state index in [1.807, 2.05) is 0 Å². The summed E-state index contributed by atoms with van der Waals surface area (Å²) in [4.78, 5) is 23.6. The minimum absolute atomic E-state index is 0.00185. The molecule has 0 aromatic rings. The first kappa shape index (κ1) is 17.5. The van der Waals surface area contributed by atoms with Crippen LogP contribution in [0.3, 0.4) is 0 Å². The van der Waals surface area contributed by atoms with Gasteiger partial charge >= 0.3 is 11.9 Å². The lowest BCUT2D eigenvalue weighted by atomic mass is 9.98. The van der Waals surface area contributed by atoms with E-state index >= 15 is 0 Å². The molecule has 3 heterocycles. The summed E-state index contributed by atoms with van der Waals surface area (Å²) < 4.78 is 36.8. The summed E-state index contributed by atoms with van der Waals surface area (Å²) in [5.74, 6) is -1.37. The molecule has 24 heavy (non-hydrogen) atoms. The van der Waals surface area contributed by atoms with E-state index in [0.29, 0.717) is 0 Å². The van der Waals surface area contributed by atoms with E-state index in [-0.39, 0.29) is 19.8 Å².